The highest BCUT2D eigenvalue weighted by Crippen LogP contribution is 2.25. The van der Waals surface area contributed by atoms with Crippen LogP contribution in [0.15, 0.2) is 49.1 Å². The smallest absolute Gasteiger partial charge is 0.0951 e. The highest BCUT2D eigenvalue weighted by Gasteiger charge is 2.22. The zero-order valence-electron chi connectivity index (χ0n) is 17.3. The monoisotopic (exact) mass is 377 g/mol. The fourth-order valence-corrected chi connectivity index (χ4v) is 4.17. The van der Waals surface area contributed by atoms with E-state index in [2.05, 4.69) is 69.3 Å². The zero-order chi connectivity index (χ0) is 19.5. The SMILES string of the molecule is Cc1c(-c2cncn2C[C@H](C)N2CCC(C)CC2)cnn1Cc1ccccc1. The van der Waals surface area contributed by atoms with Crippen LogP contribution in [0.2, 0.25) is 0 Å². The van der Waals surface area contributed by atoms with Crippen LogP contribution in [0.4, 0.5) is 0 Å². The van der Waals surface area contributed by atoms with Crippen molar-refractivity contribution in [2.24, 2.45) is 5.92 Å². The van der Waals surface area contributed by atoms with Gasteiger partial charge in [0.1, 0.15) is 0 Å². The molecular weight excluding hydrogens is 346 g/mol. The molecule has 5 heteroatoms. The predicted octanol–water partition coefficient (Wildman–Crippen LogP) is 4.22. The van der Waals surface area contributed by atoms with Crippen molar-refractivity contribution in [2.75, 3.05) is 13.1 Å². The van der Waals surface area contributed by atoms with E-state index in [1.54, 1.807) is 0 Å². The van der Waals surface area contributed by atoms with E-state index in [4.69, 9.17) is 0 Å². The van der Waals surface area contributed by atoms with Gasteiger partial charge in [0.05, 0.1) is 31.0 Å². The Morgan fingerprint density at radius 1 is 1.11 bits per heavy atom. The van der Waals surface area contributed by atoms with Gasteiger partial charge in [0.15, 0.2) is 0 Å². The summed E-state index contributed by atoms with van der Waals surface area (Å²) >= 11 is 0. The van der Waals surface area contributed by atoms with E-state index in [9.17, 15) is 0 Å². The summed E-state index contributed by atoms with van der Waals surface area (Å²) in [4.78, 5) is 7.07. The van der Waals surface area contributed by atoms with Crippen molar-refractivity contribution in [1.29, 1.82) is 0 Å². The second-order valence-electron chi connectivity index (χ2n) is 8.29. The molecule has 5 nitrogen and oxygen atoms in total. The van der Waals surface area contributed by atoms with Gasteiger partial charge in [-0.25, -0.2) is 4.98 Å². The fraction of sp³-hybridized carbons (Fsp3) is 0.478. The number of aromatic nitrogens is 4. The van der Waals surface area contributed by atoms with Gasteiger partial charge >= 0.3 is 0 Å². The highest BCUT2D eigenvalue weighted by atomic mass is 15.3. The molecule has 28 heavy (non-hydrogen) atoms. The summed E-state index contributed by atoms with van der Waals surface area (Å²) in [6.07, 6.45) is 8.55. The lowest BCUT2D eigenvalue weighted by molar-refractivity contribution is 0.135. The largest absolute Gasteiger partial charge is 0.329 e. The fourth-order valence-electron chi connectivity index (χ4n) is 4.17. The molecule has 2 aromatic heterocycles. The maximum atomic E-state index is 4.65. The van der Waals surface area contributed by atoms with Crippen LogP contribution in [-0.4, -0.2) is 43.4 Å². The van der Waals surface area contributed by atoms with Crippen molar-refractivity contribution >= 4 is 0 Å². The van der Waals surface area contributed by atoms with E-state index in [-0.39, 0.29) is 0 Å². The minimum Gasteiger partial charge on any atom is -0.329 e. The lowest BCUT2D eigenvalue weighted by atomic mass is 9.98. The van der Waals surface area contributed by atoms with Gasteiger partial charge in [-0.15, -0.1) is 0 Å². The lowest BCUT2D eigenvalue weighted by Gasteiger charge is -2.35. The summed E-state index contributed by atoms with van der Waals surface area (Å²) in [6, 6.07) is 11.0. The van der Waals surface area contributed by atoms with Crippen molar-refractivity contribution in [3.63, 3.8) is 0 Å². The Kier molecular flexibility index (Phi) is 5.62. The number of nitrogens with zero attached hydrogens (tertiary/aromatic N) is 5. The van der Waals surface area contributed by atoms with Gasteiger partial charge in [0, 0.05) is 23.8 Å². The number of hydrogen-bond acceptors (Lipinski definition) is 3. The molecule has 3 aromatic rings. The Labute approximate surface area is 168 Å². The molecule has 0 amide bonds. The maximum absolute atomic E-state index is 4.65. The molecule has 1 atom stereocenters. The molecule has 0 N–H and O–H groups in total. The summed E-state index contributed by atoms with van der Waals surface area (Å²) in [5.41, 5.74) is 4.79. The summed E-state index contributed by atoms with van der Waals surface area (Å²) in [5.74, 6) is 0.866. The van der Waals surface area contributed by atoms with Crippen LogP contribution in [-0.2, 0) is 13.1 Å². The van der Waals surface area contributed by atoms with Crippen LogP contribution in [0, 0.1) is 12.8 Å². The number of likely N-dealkylation sites (tertiary alicyclic amines) is 1. The minimum atomic E-state index is 0.514. The molecule has 1 aliphatic rings. The van der Waals surface area contributed by atoms with E-state index in [1.165, 1.54) is 42.8 Å². The van der Waals surface area contributed by atoms with Gasteiger partial charge in [-0.3, -0.25) is 9.58 Å². The van der Waals surface area contributed by atoms with Crippen molar-refractivity contribution in [1.82, 2.24) is 24.2 Å². The normalized spacial score (nSPS) is 17.1. The quantitative estimate of drug-likeness (QED) is 0.645. The molecule has 0 saturated carbocycles. The maximum Gasteiger partial charge on any atom is 0.0951 e. The van der Waals surface area contributed by atoms with Crippen LogP contribution >= 0.6 is 0 Å². The van der Waals surface area contributed by atoms with E-state index in [0.29, 0.717) is 6.04 Å². The topological polar surface area (TPSA) is 38.9 Å². The molecular formula is C23H31N5. The van der Waals surface area contributed by atoms with Crippen molar-refractivity contribution < 1.29 is 0 Å². The molecule has 0 bridgehead atoms. The van der Waals surface area contributed by atoms with Gasteiger partial charge in [0.2, 0.25) is 0 Å². The summed E-state index contributed by atoms with van der Waals surface area (Å²) in [6.45, 7) is 11.0. The average molecular weight is 378 g/mol. The standard InChI is InChI=1S/C23H31N5/c1-18-9-11-26(12-10-18)19(2)15-27-17-24-14-23(27)22-13-25-28(20(22)3)16-21-7-5-4-6-8-21/h4-8,13-14,17-19H,9-12,15-16H2,1-3H3/t19-/m0/s1. The molecule has 0 aliphatic carbocycles. The first-order valence-corrected chi connectivity index (χ1v) is 10.4. The molecule has 1 aromatic carbocycles. The molecule has 3 heterocycles. The Bertz CT molecular complexity index is 887. The highest BCUT2D eigenvalue weighted by molar-refractivity contribution is 5.61. The Balaban J connectivity index is 1.49. The van der Waals surface area contributed by atoms with Crippen LogP contribution in [0.25, 0.3) is 11.3 Å². The summed E-state index contributed by atoms with van der Waals surface area (Å²) < 4.78 is 4.37. The Morgan fingerprint density at radius 3 is 2.61 bits per heavy atom. The zero-order valence-corrected chi connectivity index (χ0v) is 17.3. The van der Waals surface area contributed by atoms with Crippen LogP contribution in [0.3, 0.4) is 0 Å². The van der Waals surface area contributed by atoms with Gasteiger partial charge < -0.3 is 4.57 Å². The predicted molar refractivity (Wildman–Crippen MR) is 113 cm³/mol. The third kappa shape index (κ3) is 4.04. The number of benzene rings is 1. The number of imidazole rings is 1. The van der Waals surface area contributed by atoms with Crippen molar-refractivity contribution in [3.8, 4) is 11.3 Å². The second kappa shape index (κ2) is 8.31. The van der Waals surface area contributed by atoms with Crippen molar-refractivity contribution in [3.05, 3.63) is 60.3 Å². The van der Waals surface area contributed by atoms with Crippen LogP contribution in [0.1, 0.15) is 37.9 Å². The molecule has 4 rings (SSSR count). The first kappa shape index (κ1) is 18.9. The number of hydrogen-bond donors (Lipinski definition) is 0. The second-order valence-corrected chi connectivity index (χ2v) is 8.29. The van der Waals surface area contributed by atoms with Crippen LogP contribution in [0.5, 0.6) is 0 Å². The first-order chi connectivity index (χ1) is 13.6. The van der Waals surface area contributed by atoms with Gasteiger partial charge in [-0.2, -0.15) is 5.10 Å². The van der Waals surface area contributed by atoms with E-state index < -0.39 is 0 Å². The lowest BCUT2D eigenvalue weighted by Crippen LogP contribution is -2.41. The molecule has 1 saturated heterocycles. The summed E-state index contributed by atoms with van der Waals surface area (Å²) in [7, 11) is 0. The van der Waals surface area contributed by atoms with Crippen LogP contribution < -0.4 is 0 Å². The molecule has 0 unspecified atom stereocenters. The van der Waals surface area contributed by atoms with E-state index in [1.807, 2.05) is 24.8 Å². The van der Waals surface area contributed by atoms with Gasteiger partial charge in [0.25, 0.3) is 0 Å². The molecule has 1 aliphatic heterocycles. The van der Waals surface area contributed by atoms with E-state index in [0.717, 1.165) is 24.7 Å². The third-order valence-corrected chi connectivity index (χ3v) is 6.17. The first-order valence-electron chi connectivity index (χ1n) is 10.4. The number of piperidine rings is 1. The average Bonchev–Trinajstić information content (AvgIpc) is 3.30. The minimum absolute atomic E-state index is 0.514. The van der Waals surface area contributed by atoms with Gasteiger partial charge in [-0.1, -0.05) is 37.3 Å². The van der Waals surface area contributed by atoms with Crippen molar-refractivity contribution in [2.45, 2.75) is 52.7 Å². The molecule has 0 spiro atoms. The van der Waals surface area contributed by atoms with Gasteiger partial charge in [-0.05, 0) is 51.3 Å². The Hall–Kier alpha value is -2.40. The molecule has 0 radical (unpaired) electrons. The molecule has 1 fully saturated rings. The summed E-state index contributed by atoms with van der Waals surface area (Å²) in [5, 5.41) is 4.65. The molecule has 148 valence electrons. The third-order valence-electron chi connectivity index (χ3n) is 6.17. The number of rotatable bonds is 6. The Morgan fingerprint density at radius 2 is 1.86 bits per heavy atom. The van der Waals surface area contributed by atoms with E-state index >= 15 is 0 Å².